The zero-order valence-corrected chi connectivity index (χ0v) is 25.1. The molecule has 0 spiro atoms. The molecule has 0 amide bonds. The van der Waals surface area contributed by atoms with Gasteiger partial charge in [-0.1, -0.05) is 43.7 Å². The summed E-state index contributed by atoms with van der Waals surface area (Å²) in [7, 11) is 0. The van der Waals surface area contributed by atoms with Crippen molar-refractivity contribution in [3.05, 3.63) is 105 Å². The van der Waals surface area contributed by atoms with Crippen molar-refractivity contribution in [3.8, 4) is 5.75 Å². The zero-order valence-electron chi connectivity index (χ0n) is 25.1. The summed E-state index contributed by atoms with van der Waals surface area (Å²) in [6.45, 7) is 3.73. The Hall–Kier alpha value is -3.26. The molecule has 2 aliphatic rings. The van der Waals surface area contributed by atoms with Crippen molar-refractivity contribution < 1.29 is 35.8 Å². The van der Waals surface area contributed by atoms with Gasteiger partial charge in [0.15, 0.2) is 34.8 Å². The topological polar surface area (TPSA) is 18.5 Å². The zero-order chi connectivity index (χ0) is 31.4. The first-order valence-electron chi connectivity index (χ1n) is 15.6. The lowest BCUT2D eigenvalue weighted by Gasteiger charge is -2.29. The number of benzene rings is 3. The highest BCUT2D eigenvalue weighted by atomic mass is 19.2. The molecular formula is C36H38F6O2. The molecule has 5 rings (SSSR count). The Morgan fingerprint density at radius 1 is 0.659 bits per heavy atom. The van der Waals surface area contributed by atoms with Gasteiger partial charge in [0.2, 0.25) is 5.82 Å². The van der Waals surface area contributed by atoms with Crippen LogP contribution in [0.2, 0.25) is 0 Å². The van der Waals surface area contributed by atoms with Gasteiger partial charge in [-0.15, -0.1) is 0 Å². The molecule has 0 saturated heterocycles. The Bertz CT molecular complexity index is 1510. The Kier molecular flexibility index (Phi) is 10.4. The van der Waals surface area contributed by atoms with E-state index >= 15 is 8.78 Å². The van der Waals surface area contributed by atoms with Crippen LogP contribution in [0.4, 0.5) is 26.3 Å². The molecule has 3 aromatic carbocycles. The maximum atomic E-state index is 15.2. The van der Waals surface area contributed by atoms with Crippen LogP contribution in [-0.4, -0.2) is 12.7 Å². The summed E-state index contributed by atoms with van der Waals surface area (Å²) in [5.74, 6) is -5.94. The maximum absolute atomic E-state index is 15.2. The maximum Gasteiger partial charge on any atom is 0.201 e. The van der Waals surface area contributed by atoms with E-state index in [1.54, 1.807) is 31.2 Å². The molecule has 1 saturated carbocycles. The molecule has 0 bridgehead atoms. The monoisotopic (exact) mass is 616 g/mol. The number of hydrogen-bond acceptors (Lipinski definition) is 2. The van der Waals surface area contributed by atoms with Gasteiger partial charge in [-0.25, -0.2) is 22.0 Å². The van der Waals surface area contributed by atoms with Gasteiger partial charge in [0.1, 0.15) is 0 Å². The van der Waals surface area contributed by atoms with E-state index in [2.05, 4.69) is 0 Å². The van der Waals surface area contributed by atoms with Gasteiger partial charge < -0.3 is 9.47 Å². The van der Waals surface area contributed by atoms with Gasteiger partial charge >= 0.3 is 0 Å². The second kappa shape index (κ2) is 14.2. The van der Waals surface area contributed by atoms with E-state index in [1.807, 2.05) is 6.92 Å². The Morgan fingerprint density at radius 3 is 1.95 bits per heavy atom. The highest BCUT2D eigenvalue weighted by Crippen LogP contribution is 2.40. The van der Waals surface area contributed by atoms with Crippen LogP contribution in [0.3, 0.4) is 0 Å². The third-order valence-corrected chi connectivity index (χ3v) is 9.04. The Balaban J connectivity index is 1.17. The van der Waals surface area contributed by atoms with Crippen LogP contribution in [0.15, 0.2) is 42.5 Å². The van der Waals surface area contributed by atoms with Crippen molar-refractivity contribution >= 4 is 5.57 Å². The molecule has 44 heavy (non-hydrogen) atoms. The Labute approximate surface area is 255 Å². The van der Waals surface area contributed by atoms with E-state index in [4.69, 9.17) is 9.47 Å². The van der Waals surface area contributed by atoms with Crippen LogP contribution in [0, 0.1) is 34.9 Å². The van der Waals surface area contributed by atoms with Gasteiger partial charge in [-0.3, -0.25) is 0 Å². The molecule has 3 aromatic rings. The third-order valence-electron chi connectivity index (χ3n) is 9.04. The predicted molar refractivity (Wildman–Crippen MR) is 159 cm³/mol. The summed E-state index contributed by atoms with van der Waals surface area (Å²) in [5, 5.41) is 0. The van der Waals surface area contributed by atoms with Crippen LogP contribution in [0.1, 0.15) is 105 Å². The molecule has 0 aromatic heterocycles. The summed E-state index contributed by atoms with van der Waals surface area (Å²) in [5.41, 5.74) is 1.94. The quantitative estimate of drug-likeness (QED) is 0.211. The van der Waals surface area contributed by atoms with Crippen LogP contribution in [-0.2, 0) is 17.8 Å². The minimum atomic E-state index is -1.03. The van der Waals surface area contributed by atoms with E-state index in [-0.39, 0.29) is 53.6 Å². The first kappa shape index (κ1) is 32.1. The van der Waals surface area contributed by atoms with Gasteiger partial charge in [0.05, 0.1) is 19.3 Å². The molecule has 2 aliphatic carbocycles. The van der Waals surface area contributed by atoms with Crippen molar-refractivity contribution in [1.29, 1.82) is 0 Å². The number of allylic oxidation sites excluding steroid dienone is 2. The van der Waals surface area contributed by atoms with E-state index in [9.17, 15) is 17.6 Å². The Morgan fingerprint density at radius 2 is 1.32 bits per heavy atom. The number of halogens is 6. The molecule has 0 heterocycles. The molecular weight excluding hydrogens is 578 g/mol. The van der Waals surface area contributed by atoms with Crippen molar-refractivity contribution in [3.63, 3.8) is 0 Å². The van der Waals surface area contributed by atoms with E-state index < -0.39 is 34.9 Å². The number of hydrogen-bond donors (Lipinski definition) is 0. The highest BCUT2D eigenvalue weighted by Gasteiger charge is 2.28. The minimum absolute atomic E-state index is 0.0929. The smallest absolute Gasteiger partial charge is 0.201 e. The molecule has 236 valence electrons. The summed E-state index contributed by atoms with van der Waals surface area (Å²) in [4.78, 5) is 0. The molecule has 2 nitrogen and oxygen atoms in total. The van der Waals surface area contributed by atoms with Crippen LogP contribution in [0.25, 0.3) is 5.57 Å². The molecule has 1 atom stereocenters. The average molecular weight is 617 g/mol. The lowest BCUT2D eigenvalue weighted by molar-refractivity contribution is 0.0116. The normalized spacial score (nSPS) is 20.5. The van der Waals surface area contributed by atoms with Crippen LogP contribution < -0.4 is 4.74 Å². The van der Waals surface area contributed by atoms with Gasteiger partial charge in [-0.2, -0.15) is 4.39 Å². The van der Waals surface area contributed by atoms with E-state index in [1.165, 1.54) is 18.2 Å². The molecule has 1 fully saturated rings. The molecule has 1 unspecified atom stereocenters. The fourth-order valence-electron chi connectivity index (χ4n) is 6.57. The number of aryl methyl sites for hydroxylation is 1. The standard InChI is InChI=1S/C36H38F6O2/c1-3-5-24-12-16-27(33(39)31(24)37)23-10-14-26(15-11-23)44-20-25-13-17-28(34(40)32(25)38)21-6-8-22(9-7-21)29-18-19-30(43-4-2)36(42)35(29)41/h8,12-13,16-19,21,23,26H,3-7,9-11,14-15,20H2,1-2H3. The van der Waals surface area contributed by atoms with Crippen molar-refractivity contribution in [2.45, 2.75) is 96.2 Å². The first-order valence-corrected chi connectivity index (χ1v) is 15.6. The first-order chi connectivity index (χ1) is 21.2. The predicted octanol–water partition coefficient (Wildman–Crippen LogP) is 10.5. The fraction of sp³-hybridized carbons (Fsp3) is 0.444. The molecule has 8 heteroatoms. The van der Waals surface area contributed by atoms with Gasteiger partial charge in [0.25, 0.3) is 0 Å². The van der Waals surface area contributed by atoms with E-state index in [0.29, 0.717) is 68.1 Å². The number of ether oxygens (including phenoxy) is 2. The third kappa shape index (κ3) is 6.70. The SMILES string of the molecule is CCCc1ccc(C2CCC(OCc3ccc(C4CC=C(c5ccc(OCC)c(F)c5F)CC4)c(F)c3F)CC2)c(F)c1F. The highest BCUT2D eigenvalue weighted by molar-refractivity contribution is 5.68. The van der Waals surface area contributed by atoms with Crippen molar-refractivity contribution in [1.82, 2.24) is 0 Å². The average Bonchev–Trinajstić information content (AvgIpc) is 3.03. The molecule has 0 N–H and O–H groups in total. The number of rotatable bonds is 10. The lowest BCUT2D eigenvalue weighted by atomic mass is 9.82. The second-order valence-corrected chi connectivity index (χ2v) is 11.8. The van der Waals surface area contributed by atoms with Gasteiger partial charge in [-0.05, 0) is 105 Å². The summed E-state index contributed by atoms with van der Waals surface area (Å²) in [6, 6.07) is 9.37. The largest absolute Gasteiger partial charge is 0.491 e. The lowest BCUT2D eigenvalue weighted by Crippen LogP contribution is -2.22. The molecule has 0 aliphatic heterocycles. The van der Waals surface area contributed by atoms with Crippen LogP contribution in [0.5, 0.6) is 5.75 Å². The van der Waals surface area contributed by atoms with Crippen molar-refractivity contribution in [2.75, 3.05) is 6.61 Å². The van der Waals surface area contributed by atoms with Crippen LogP contribution >= 0.6 is 0 Å². The van der Waals surface area contributed by atoms with E-state index in [0.717, 1.165) is 6.42 Å². The minimum Gasteiger partial charge on any atom is -0.491 e. The van der Waals surface area contributed by atoms with Crippen molar-refractivity contribution in [2.24, 2.45) is 0 Å². The fourth-order valence-corrected chi connectivity index (χ4v) is 6.57. The molecule has 0 radical (unpaired) electrons. The summed E-state index contributed by atoms with van der Waals surface area (Å²) in [6.07, 6.45) is 6.49. The summed E-state index contributed by atoms with van der Waals surface area (Å²) >= 11 is 0. The van der Waals surface area contributed by atoms with Gasteiger partial charge in [0, 0.05) is 11.1 Å². The summed E-state index contributed by atoms with van der Waals surface area (Å²) < 4.78 is 99.6. The second-order valence-electron chi connectivity index (χ2n) is 11.8.